The first-order valence-electron chi connectivity index (χ1n) is 3.30. The average molecular weight is 171 g/mol. The topological polar surface area (TPSA) is 46.2 Å². The normalized spacial score (nSPS) is 18.0. The smallest absolute Gasteiger partial charge is 0.389 e. The minimum Gasteiger partial charge on any atom is -0.395 e. The van der Waals surface area contributed by atoms with E-state index in [4.69, 9.17) is 10.8 Å². The summed E-state index contributed by atoms with van der Waals surface area (Å²) in [6, 6.07) is -0.781. The Bertz CT molecular complexity index is 115. The van der Waals surface area contributed by atoms with Gasteiger partial charge in [-0.2, -0.15) is 13.2 Å². The minimum atomic E-state index is -4.19. The van der Waals surface area contributed by atoms with Gasteiger partial charge in [0.25, 0.3) is 0 Å². The molecule has 0 radical (unpaired) electrons. The zero-order chi connectivity index (χ0) is 9.07. The van der Waals surface area contributed by atoms with E-state index in [0.29, 0.717) is 0 Å². The second-order valence-corrected chi connectivity index (χ2v) is 2.64. The zero-order valence-electron chi connectivity index (χ0n) is 6.23. The molecule has 0 aromatic rings. The molecule has 0 bridgehead atoms. The van der Waals surface area contributed by atoms with Crippen LogP contribution in [0.25, 0.3) is 0 Å². The van der Waals surface area contributed by atoms with Crippen LogP contribution in [0.15, 0.2) is 0 Å². The summed E-state index contributed by atoms with van der Waals surface area (Å²) in [5.41, 5.74) is 5.17. The third-order valence-corrected chi connectivity index (χ3v) is 1.50. The number of nitrogens with two attached hydrogens (primary N) is 1. The Morgan fingerprint density at radius 3 is 2.18 bits per heavy atom. The summed E-state index contributed by atoms with van der Waals surface area (Å²) in [6.07, 6.45) is -5.12. The molecule has 0 fully saturated rings. The van der Waals surface area contributed by atoms with E-state index >= 15 is 0 Å². The van der Waals surface area contributed by atoms with Gasteiger partial charge in [0.05, 0.1) is 6.61 Å². The van der Waals surface area contributed by atoms with Gasteiger partial charge in [-0.15, -0.1) is 0 Å². The van der Waals surface area contributed by atoms with Crippen LogP contribution in [0, 0.1) is 5.92 Å². The van der Waals surface area contributed by atoms with Crippen LogP contribution in [-0.4, -0.2) is 23.9 Å². The van der Waals surface area contributed by atoms with Crippen molar-refractivity contribution in [2.75, 3.05) is 6.61 Å². The van der Waals surface area contributed by atoms with Gasteiger partial charge >= 0.3 is 6.18 Å². The minimum absolute atomic E-state index is 0.406. The standard InChI is InChI=1S/C6H12F3NO/c1-4(5(10)3-11)2-6(7,8)9/h4-5,11H,2-3,10H2,1H3/t4-,5+/m0/s1. The molecule has 0 aliphatic carbocycles. The molecule has 0 saturated heterocycles. The second-order valence-electron chi connectivity index (χ2n) is 2.64. The van der Waals surface area contributed by atoms with Crippen molar-refractivity contribution >= 4 is 0 Å². The van der Waals surface area contributed by atoms with Crippen molar-refractivity contribution < 1.29 is 18.3 Å². The first kappa shape index (κ1) is 10.7. The van der Waals surface area contributed by atoms with Crippen molar-refractivity contribution in [3.63, 3.8) is 0 Å². The maximum Gasteiger partial charge on any atom is 0.389 e. The molecular weight excluding hydrogens is 159 g/mol. The lowest BCUT2D eigenvalue weighted by Crippen LogP contribution is -2.34. The molecule has 0 aromatic carbocycles. The molecular formula is C6H12F3NO. The molecule has 2 atom stereocenters. The van der Waals surface area contributed by atoms with Crippen molar-refractivity contribution in [2.24, 2.45) is 11.7 Å². The lowest BCUT2D eigenvalue weighted by atomic mass is 10.00. The van der Waals surface area contributed by atoms with E-state index in [1.165, 1.54) is 6.92 Å². The van der Waals surface area contributed by atoms with Gasteiger partial charge in [0.15, 0.2) is 0 Å². The molecule has 0 unspecified atom stereocenters. The largest absolute Gasteiger partial charge is 0.395 e. The van der Waals surface area contributed by atoms with E-state index in [1.54, 1.807) is 0 Å². The molecule has 11 heavy (non-hydrogen) atoms. The van der Waals surface area contributed by atoms with Gasteiger partial charge in [0, 0.05) is 12.5 Å². The van der Waals surface area contributed by atoms with Crippen LogP contribution in [0.2, 0.25) is 0 Å². The summed E-state index contributed by atoms with van der Waals surface area (Å²) in [4.78, 5) is 0. The van der Waals surface area contributed by atoms with Crippen LogP contribution >= 0.6 is 0 Å². The monoisotopic (exact) mass is 171 g/mol. The van der Waals surface area contributed by atoms with Gasteiger partial charge in [-0.05, 0) is 5.92 Å². The fraction of sp³-hybridized carbons (Fsp3) is 1.00. The fourth-order valence-electron chi connectivity index (χ4n) is 0.696. The van der Waals surface area contributed by atoms with Gasteiger partial charge in [-0.25, -0.2) is 0 Å². The fourth-order valence-corrected chi connectivity index (χ4v) is 0.696. The Morgan fingerprint density at radius 1 is 1.45 bits per heavy atom. The summed E-state index contributed by atoms with van der Waals surface area (Å²) in [6.45, 7) is 0.964. The Labute approximate surface area is 63.2 Å². The lowest BCUT2D eigenvalue weighted by Gasteiger charge is -2.18. The van der Waals surface area contributed by atoms with Crippen LogP contribution in [0.3, 0.4) is 0 Å². The SMILES string of the molecule is C[C@@H](CC(F)(F)F)[C@H](N)CO. The van der Waals surface area contributed by atoms with Gasteiger partial charge in [0.1, 0.15) is 0 Å². The third kappa shape index (κ3) is 5.03. The van der Waals surface area contributed by atoms with Gasteiger partial charge in [0.2, 0.25) is 0 Å². The van der Waals surface area contributed by atoms with Crippen LogP contribution in [0.4, 0.5) is 13.2 Å². The molecule has 3 N–H and O–H groups in total. The highest BCUT2D eigenvalue weighted by molar-refractivity contribution is 4.70. The number of halogens is 3. The number of aliphatic hydroxyl groups is 1. The highest BCUT2D eigenvalue weighted by atomic mass is 19.4. The first-order chi connectivity index (χ1) is 4.87. The first-order valence-corrected chi connectivity index (χ1v) is 3.30. The molecule has 0 heterocycles. The third-order valence-electron chi connectivity index (χ3n) is 1.50. The van der Waals surface area contributed by atoms with Crippen LogP contribution in [-0.2, 0) is 0 Å². The quantitative estimate of drug-likeness (QED) is 0.662. The summed E-state index contributed by atoms with van der Waals surface area (Å²) in [7, 11) is 0. The molecule has 5 heteroatoms. The Balaban J connectivity index is 3.77. The van der Waals surface area contributed by atoms with Crippen LogP contribution in [0.5, 0.6) is 0 Å². The predicted octanol–water partition coefficient (Wildman–Crippen LogP) is 0.895. The van der Waals surface area contributed by atoms with E-state index in [1.807, 2.05) is 0 Å². The van der Waals surface area contributed by atoms with E-state index in [0.717, 1.165) is 0 Å². The molecule has 68 valence electrons. The summed E-state index contributed by atoms with van der Waals surface area (Å²) in [5, 5.41) is 8.41. The number of alkyl halides is 3. The number of rotatable bonds is 3. The van der Waals surface area contributed by atoms with E-state index in [-0.39, 0.29) is 0 Å². The van der Waals surface area contributed by atoms with Crippen molar-refractivity contribution in [1.82, 2.24) is 0 Å². The van der Waals surface area contributed by atoms with Crippen LogP contribution in [0.1, 0.15) is 13.3 Å². The average Bonchev–Trinajstić information content (AvgIpc) is 1.82. The van der Waals surface area contributed by atoms with Crippen molar-refractivity contribution in [2.45, 2.75) is 25.6 Å². The van der Waals surface area contributed by atoms with Crippen molar-refractivity contribution in [1.29, 1.82) is 0 Å². The Hall–Kier alpha value is -0.290. The zero-order valence-corrected chi connectivity index (χ0v) is 6.23. The maximum absolute atomic E-state index is 11.7. The van der Waals surface area contributed by atoms with E-state index in [9.17, 15) is 13.2 Å². The number of hydrogen-bond acceptors (Lipinski definition) is 2. The molecule has 0 aliphatic heterocycles. The number of hydrogen-bond donors (Lipinski definition) is 2. The predicted molar refractivity (Wildman–Crippen MR) is 34.9 cm³/mol. The van der Waals surface area contributed by atoms with E-state index < -0.39 is 31.2 Å². The Kier molecular flexibility index (Phi) is 3.82. The van der Waals surface area contributed by atoms with Gasteiger partial charge in [-0.1, -0.05) is 6.92 Å². The van der Waals surface area contributed by atoms with Gasteiger partial charge < -0.3 is 10.8 Å². The summed E-state index contributed by atoms with van der Waals surface area (Å²) in [5.74, 6) is -0.722. The molecule has 0 amide bonds. The molecule has 0 rings (SSSR count). The highest BCUT2D eigenvalue weighted by Gasteiger charge is 2.31. The Morgan fingerprint density at radius 2 is 1.91 bits per heavy atom. The molecule has 0 spiro atoms. The number of aliphatic hydroxyl groups excluding tert-OH is 1. The van der Waals surface area contributed by atoms with Crippen LogP contribution < -0.4 is 5.73 Å². The maximum atomic E-state index is 11.7. The molecule has 2 nitrogen and oxygen atoms in total. The van der Waals surface area contributed by atoms with Gasteiger partial charge in [-0.3, -0.25) is 0 Å². The lowest BCUT2D eigenvalue weighted by molar-refractivity contribution is -0.145. The summed E-state index contributed by atoms with van der Waals surface area (Å²) < 4.78 is 35.0. The second kappa shape index (κ2) is 3.92. The molecule has 0 aromatic heterocycles. The van der Waals surface area contributed by atoms with Crippen molar-refractivity contribution in [3.05, 3.63) is 0 Å². The molecule has 0 saturated carbocycles. The molecule has 0 aliphatic rings. The summed E-state index contributed by atoms with van der Waals surface area (Å²) >= 11 is 0. The highest BCUT2D eigenvalue weighted by Crippen LogP contribution is 2.25. The van der Waals surface area contributed by atoms with Crippen molar-refractivity contribution in [3.8, 4) is 0 Å². The van der Waals surface area contributed by atoms with E-state index in [2.05, 4.69) is 0 Å².